The van der Waals surface area contributed by atoms with Crippen molar-refractivity contribution in [3.8, 4) is 0 Å². The maximum atomic E-state index is 12.6. The average molecular weight is 222 g/mol. The average Bonchev–Trinajstić information content (AvgIpc) is 2.07. The fourth-order valence-corrected chi connectivity index (χ4v) is 1.03. The van der Waals surface area contributed by atoms with Gasteiger partial charge in [-0.15, -0.1) is 0 Å². The summed E-state index contributed by atoms with van der Waals surface area (Å²) < 4.78 is 12.6. The second-order valence-electron chi connectivity index (χ2n) is 2.34. The van der Waals surface area contributed by atoms with Crippen LogP contribution in [-0.2, 0) is 4.79 Å². The maximum Gasteiger partial charge on any atom is 0.240 e. The monoisotopic (exact) mass is 221 g/mol. The Morgan fingerprint density at radius 1 is 1.54 bits per heavy atom. The molecule has 0 radical (unpaired) electrons. The molecule has 0 unspecified atom stereocenters. The van der Waals surface area contributed by atoms with E-state index in [-0.39, 0.29) is 11.6 Å². The Hall–Kier alpha value is -0.800. The Morgan fingerprint density at radius 2 is 2.23 bits per heavy atom. The minimum Gasteiger partial charge on any atom is -0.377 e. The van der Waals surface area contributed by atoms with E-state index < -0.39 is 11.1 Å². The zero-order valence-electron chi connectivity index (χ0n) is 6.48. The molecule has 13 heavy (non-hydrogen) atoms. The van der Waals surface area contributed by atoms with Gasteiger partial charge in [0.1, 0.15) is 5.82 Å². The van der Waals surface area contributed by atoms with E-state index in [2.05, 4.69) is 5.32 Å². The molecule has 1 rings (SSSR count). The standard InChI is InChI=1S/C8H6Cl2FNO/c9-6-3-5(1-2-7(6)11)12-4-8(10)13/h1-3,12H,4H2. The highest BCUT2D eigenvalue weighted by atomic mass is 35.5. The Balaban J connectivity index is 2.68. The number of anilines is 1. The molecule has 1 aromatic carbocycles. The topological polar surface area (TPSA) is 29.1 Å². The van der Waals surface area contributed by atoms with Crippen LogP contribution >= 0.6 is 23.2 Å². The summed E-state index contributed by atoms with van der Waals surface area (Å²) in [7, 11) is 0. The van der Waals surface area contributed by atoms with Crippen LogP contribution in [0.4, 0.5) is 10.1 Å². The van der Waals surface area contributed by atoms with Crippen molar-refractivity contribution in [2.24, 2.45) is 0 Å². The van der Waals surface area contributed by atoms with E-state index in [0.717, 1.165) is 0 Å². The molecule has 0 atom stereocenters. The van der Waals surface area contributed by atoms with Crippen LogP contribution in [0.2, 0.25) is 5.02 Å². The third kappa shape index (κ3) is 3.20. The van der Waals surface area contributed by atoms with Crippen molar-refractivity contribution in [2.45, 2.75) is 0 Å². The van der Waals surface area contributed by atoms with E-state index in [1.54, 1.807) is 0 Å². The molecular weight excluding hydrogens is 216 g/mol. The first kappa shape index (κ1) is 10.3. The van der Waals surface area contributed by atoms with Crippen molar-refractivity contribution >= 4 is 34.1 Å². The Bertz CT molecular complexity index is 330. The molecule has 5 heteroatoms. The summed E-state index contributed by atoms with van der Waals surface area (Å²) in [6.07, 6.45) is 0. The first-order valence-corrected chi connectivity index (χ1v) is 4.22. The molecule has 0 fully saturated rings. The molecule has 1 N–H and O–H groups in total. The van der Waals surface area contributed by atoms with E-state index in [0.29, 0.717) is 5.69 Å². The van der Waals surface area contributed by atoms with Gasteiger partial charge in [0.2, 0.25) is 5.24 Å². The van der Waals surface area contributed by atoms with Crippen molar-refractivity contribution in [1.82, 2.24) is 0 Å². The molecule has 1 aromatic rings. The SMILES string of the molecule is O=C(Cl)CNc1ccc(F)c(Cl)c1. The second-order valence-corrected chi connectivity index (χ2v) is 3.17. The molecule has 2 nitrogen and oxygen atoms in total. The van der Waals surface area contributed by atoms with Gasteiger partial charge in [0.05, 0.1) is 11.6 Å². The van der Waals surface area contributed by atoms with E-state index in [1.807, 2.05) is 0 Å². The minimum atomic E-state index is -0.513. The van der Waals surface area contributed by atoms with E-state index >= 15 is 0 Å². The Labute approximate surface area is 84.6 Å². The fourth-order valence-electron chi connectivity index (χ4n) is 0.778. The predicted octanol–water partition coefficient (Wildman–Crippen LogP) is 2.66. The zero-order chi connectivity index (χ0) is 9.84. The number of carbonyl (C=O) groups excluding carboxylic acids is 1. The summed E-state index contributed by atoms with van der Waals surface area (Å²) in [5.74, 6) is -0.496. The lowest BCUT2D eigenvalue weighted by molar-refractivity contribution is -0.110. The summed E-state index contributed by atoms with van der Waals surface area (Å²) in [6.45, 7) is -0.0104. The third-order valence-corrected chi connectivity index (χ3v) is 1.77. The van der Waals surface area contributed by atoms with Crippen molar-refractivity contribution in [2.75, 3.05) is 11.9 Å². The number of hydrogen-bond acceptors (Lipinski definition) is 2. The largest absolute Gasteiger partial charge is 0.377 e. The zero-order valence-corrected chi connectivity index (χ0v) is 7.99. The lowest BCUT2D eigenvalue weighted by Gasteiger charge is -2.03. The molecule has 0 amide bonds. The molecule has 0 aliphatic rings. The number of carbonyl (C=O) groups is 1. The van der Waals surface area contributed by atoms with Gasteiger partial charge in [0.15, 0.2) is 0 Å². The molecule has 0 heterocycles. The van der Waals surface area contributed by atoms with Gasteiger partial charge in [0.25, 0.3) is 0 Å². The van der Waals surface area contributed by atoms with Crippen molar-refractivity contribution in [3.63, 3.8) is 0 Å². The van der Waals surface area contributed by atoms with Crippen molar-refractivity contribution < 1.29 is 9.18 Å². The summed E-state index contributed by atoms with van der Waals surface area (Å²) >= 11 is 10.6. The molecule has 70 valence electrons. The smallest absolute Gasteiger partial charge is 0.240 e. The van der Waals surface area contributed by atoms with Crippen LogP contribution in [0.3, 0.4) is 0 Å². The Morgan fingerprint density at radius 3 is 2.77 bits per heavy atom. The summed E-state index contributed by atoms with van der Waals surface area (Å²) in [4.78, 5) is 10.4. The molecule has 0 saturated carbocycles. The minimum absolute atomic E-state index is 0.00650. The van der Waals surface area contributed by atoms with Crippen LogP contribution in [0.25, 0.3) is 0 Å². The van der Waals surface area contributed by atoms with Crippen LogP contribution in [0, 0.1) is 5.82 Å². The fraction of sp³-hybridized carbons (Fsp3) is 0.125. The van der Waals surface area contributed by atoms with Gasteiger partial charge in [-0.05, 0) is 29.8 Å². The van der Waals surface area contributed by atoms with Gasteiger partial charge in [-0.1, -0.05) is 11.6 Å². The van der Waals surface area contributed by atoms with E-state index in [4.69, 9.17) is 23.2 Å². The predicted molar refractivity (Wildman–Crippen MR) is 50.8 cm³/mol. The second kappa shape index (κ2) is 4.44. The number of benzene rings is 1. The van der Waals surface area contributed by atoms with E-state index in [1.165, 1.54) is 18.2 Å². The van der Waals surface area contributed by atoms with Crippen molar-refractivity contribution in [3.05, 3.63) is 29.0 Å². The Kier molecular flexibility index (Phi) is 3.51. The van der Waals surface area contributed by atoms with Gasteiger partial charge in [-0.2, -0.15) is 0 Å². The molecule has 0 bridgehead atoms. The highest BCUT2D eigenvalue weighted by molar-refractivity contribution is 6.64. The summed E-state index contributed by atoms with van der Waals surface area (Å²) in [5.41, 5.74) is 0.556. The summed E-state index contributed by atoms with van der Waals surface area (Å²) in [5, 5.41) is 2.17. The highest BCUT2D eigenvalue weighted by Crippen LogP contribution is 2.18. The lowest BCUT2D eigenvalue weighted by atomic mass is 10.3. The third-order valence-electron chi connectivity index (χ3n) is 1.35. The van der Waals surface area contributed by atoms with Gasteiger partial charge >= 0.3 is 0 Å². The van der Waals surface area contributed by atoms with Gasteiger partial charge in [0, 0.05) is 5.69 Å². The molecular formula is C8H6Cl2FNO. The van der Waals surface area contributed by atoms with Gasteiger partial charge in [-0.3, -0.25) is 4.79 Å². The van der Waals surface area contributed by atoms with Crippen molar-refractivity contribution in [1.29, 1.82) is 0 Å². The van der Waals surface area contributed by atoms with Crippen LogP contribution in [0.15, 0.2) is 18.2 Å². The highest BCUT2D eigenvalue weighted by Gasteiger charge is 2.01. The number of rotatable bonds is 3. The van der Waals surface area contributed by atoms with E-state index in [9.17, 15) is 9.18 Å². The number of hydrogen-bond donors (Lipinski definition) is 1. The normalized spacial score (nSPS) is 9.77. The number of nitrogens with one attached hydrogen (secondary N) is 1. The van der Waals surface area contributed by atoms with Crippen LogP contribution in [0.1, 0.15) is 0 Å². The van der Waals surface area contributed by atoms with Gasteiger partial charge < -0.3 is 5.32 Å². The first-order chi connectivity index (χ1) is 6.09. The van der Waals surface area contributed by atoms with Gasteiger partial charge in [-0.25, -0.2) is 4.39 Å². The maximum absolute atomic E-state index is 12.6. The van der Waals surface area contributed by atoms with Crippen LogP contribution < -0.4 is 5.32 Å². The number of halogens is 3. The molecule has 0 saturated heterocycles. The molecule has 0 aliphatic heterocycles. The first-order valence-electron chi connectivity index (χ1n) is 3.47. The molecule has 0 aromatic heterocycles. The summed E-state index contributed by atoms with van der Waals surface area (Å²) in [6, 6.07) is 4.07. The van der Waals surface area contributed by atoms with Crippen LogP contribution in [-0.4, -0.2) is 11.8 Å². The quantitative estimate of drug-likeness (QED) is 0.796. The van der Waals surface area contributed by atoms with Crippen LogP contribution in [0.5, 0.6) is 0 Å². The molecule has 0 spiro atoms. The molecule has 0 aliphatic carbocycles. The lowest BCUT2D eigenvalue weighted by Crippen LogP contribution is -2.07.